The number of hydrogen-bond acceptors (Lipinski definition) is 9. The first-order chi connectivity index (χ1) is 22.0. The van der Waals surface area contributed by atoms with Gasteiger partial charge in [-0.15, -0.1) is 0 Å². The molecule has 0 bridgehead atoms. The van der Waals surface area contributed by atoms with Gasteiger partial charge in [0.1, 0.15) is 17.2 Å². The number of sulfonamides is 1. The lowest BCUT2D eigenvalue weighted by Crippen LogP contribution is -2.49. The van der Waals surface area contributed by atoms with E-state index in [9.17, 15) is 22.0 Å². The second-order valence-electron chi connectivity index (χ2n) is 12.8. The Hall–Kier alpha value is -3.72. The molecule has 1 aromatic carbocycles. The maximum Gasteiger partial charge on any atom is 0.249 e. The van der Waals surface area contributed by atoms with E-state index in [1.165, 1.54) is 12.1 Å². The molecule has 0 radical (unpaired) electrons. The van der Waals surface area contributed by atoms with Gasteiger partial charge in [-0.1, -0.05) is 0 Å². The molecule has 1 aliphatic heterocycles. The molecule has 2 aliphatic carbocycles. The fourth-order valence-corrected chi connectivity index (χ4v) is 7.16. The maximum atomic E-state index is 14.7. The number of anilines is 3. The largest absolute Gasteiger partial charge is 0.351 e. The predicted molar refractivity (Wildman–Crippen MR) is 173 cm³/mol. The van der Waals surface area contributed by atoms with Gasteiger partial charge in [-0.25, -0.2) is 27.2 Å². The van der Waals surface area contributed by atoms with Crippen LogP contribution >= 0.6 is 0 Å². The second-order valence-corrected chi connectivity index (χ2v) is 14.5. The number of likely N-dealkylation sites (N-methyl/N-ethyl adjacent to an activating group) is 1. The van der Waals surface area contributed by atoms with Crippen molar-refractivity contribution in [1.82, 2.24) is 29.3 Å². The van der Waals surface area contributed by atoms with E-state index in [2.05, 4.69) is 32.0 Å². The Bertz CT molecular complexity index is 1690. The van der Waals surface area contributed by atoms with E-state index < -0.39 is 21.7 Å². The minimum atomic E-state index is -3.39. The predicted octanol–water partition coefficient (Wildman–Crippen LogP) is 4.35. The molecule has 0 atom stereocenters. The highest BCUT2D eigenvalue weighted by Crippen LogP contribution is 2.38. The average Bonchev–Trinajstić information content (AvgIpc) is 3.39. The molecule has 12 nitrogen and oxygen atoms in total. The van der Waals surface area contributed by atoms with Crippen molar-refractivity contribution in [2.75, 3.05) is 50.1 Å². The first kappa shape index (κ1) is 32.2. The van der Waals surface area contributed by atoms with Gasteiger partial charge in [0.05, 0.1) is 18.1 Å². The average molecular weight is 658 g/mol. The van der Waals surface area contributed by atoms with Crippen LogP contribution in [0, 0.1) is 23.5 Å². The van der Waals surface area contributed by atoms with Crippen LogP contribution in [0.3, 0.4) is 0 Å². The van der Waals surface area contributed by atoms with E-state index in [1.54, 1.807) is 12.4 Å². The lowest BCUT2D eigenvalue weighted by Gasteiger charge is -2.37. The summed E-state index contributed by atoms with van der Waals surface area (Å²) in [5.74, 6) is -0.281. The minimum absolute atomic E-state index is 0.0372. The topological polar surface area (TPSA) is 138 Å². The number of piperazine rings is 1. The third kappa shape index (κ3) is 7.63. The second kappa shape index (κ2) is 13.6. The van der Waals surface area contributed by atoms with Crippen LogP contribution in [-0.2, 0) is 14.8 Å². The molecular weight excluding hydrogens is 616 g/mol. The summed E-state index contributed by atoms with van der Waals surface area (Å²) in [5, 5.41) is 6.49. The van der Waals surface area contributed by atoms with Gasteiger partial charge >= 0.3 is 0 Å². The number of carbonyl (C=O) groups is 1. The Labute approximate surface area is 267 Å². The van der Waals surface area contributed by atoms with Crippen LogP contribution in [0.25, 0.3) is 11.2 Å². The van der Waals surface area contributed by atoms with E-state index in [0.717, 1.165) is 89.9 Å². The lowest BCUT2D eigenvalue weighted by molar-refractivity contribution is -0.138. The van der Waals surface area contributed by atoms with E-state index in [1.807, 2.05) is 9.47 Å². The monoisotopic (exact) mass is 657 g/mol. The molecule has 0 spiro atoms. The van der Waals surface area contributed by atoms with Gasteiger partial charge in [-0.2, -0.15) is 9.38 Å². The highest BCUT2D eigenvalue weighted by molar-refractivity contribution is 7.89. The highest BCUT2D eigenvalue weighted by atomic mass is 32.2. The SMILES string of the molecule is CN1CCN(C(=O)C2CCC(n3c(Nc4ccc(F)cc4F)nc4cnc(NC5CCC(/C=N/S(C)(=O)=O)CC5)nc43)CC2)CC1. The molecule has 1 saturated heterocycles. The summed E-state index contributed by atoms with van der Waals surface area (Å²) in [6.45, 7) is 3.26. The fraction of sp³-hybridized carbons (Fsp3) is 0.581. The van der Waals surface area contributed by atoms with Crippen molar-refractivity contribution < 1.29 is 22.0 Å². The zero-order chi connectivity index (χ0) is 32.4. The van der Waals surface area contributed by atoms with Crippen LogP contribution in [0.2, 0.25) is 0 Å². The van der Waals surface area contributed by atoms with Crippen molar-refractivity contribution >= 4 is 50.9 Å². The number of aromatic nitrogens is 4. The third-order valence-electron chi connectivity index (χ3n) is 9.40. The lowest BCUT2D eigenvalue weighted by atomic mass is 9.85. The van der Waals surface area contributed by atoms with Crippen LogP contribution < -0.4 is 10.6 Å². The summed E-state index contributed by atoms with van der Waals surface area (Å²) in [5.41, 5.74) is 1.22. The summed E-state index contributed by atoms with van der Waals surface area (Å²) < 4.78 is 56.8. The number of imidazole rings is 1. The molecule has 15 heteroatoms. The summed E-state index contributed by atoms with van der Waals surface area (Å²) in [7, 11) is -1.32. The summed E-state index contributed by atoms with van der Waals surface area (Å²) in [6.07, 6.45) is 10.4. The van der Waals surface area contributed by atoms with Crippen LogP contribution in [-0.4, -0.2) is 95.4 Å². The van der Waals surface area contributed by atoms with Crippen molar-refractivity contribution in [3.05, 3.63) is 36.0 Å². The Balaban J connectivity index is 1.21. The Kier molecular flexibility index (Phi) is 9.50. The van der Waals surface area contributed by atoms with Crippen LogP contribution in [0.5, 0.6) is 0 Å². The Morgan fingerprint density at radius 1 is 1.00 bits per heavy atom. The summed E-state index contributed by atoms with van der Waals surface area (Å²) >= 11 is 0. The number of nitrogens with zero attached hydrogens (tertiary/aromatic N) is 7. The molecule has 0 unspecified atom stereocenters. The molecule has 2 N–H and O–H groups in total. The smallest absolute Gasteiger partial charge is 0.249 e. The third-order valence-corrected chi connectivity index (χ3v) is 9.91. The zero-order valence-corrected chi connectivity index (χ0v) is 27.0. The van der Waals surface area contributed by atoms with E-state index in [-0.39, 0.29) is 35.5 Å². The van der Waals surface area contributed by atoms with Gasteiger partial charge in [0.25, 0.3) is 0 Å². The summed E-state index contributed by atoms with van der Waals surface area (Å²) in [6, 6.07) is 3.43. The van der Waals surface area contributed by atoms with E-state index in [4.69, 9.17) is 9.97 Å². The maximum absolute atomic E-state index is 14.7. The van der Waals surface area contributed by atoms with Gasteiger partial charge < -0.3 is 20.4 Å². The molecule has 248 valence electrons. The van der Waals surface area contributed by atoms with Crippen molar-refractivity contribution in [3.63, 3.8) is 0 Å². The molecule has 2 aromatic heterocycles. The Morgan fingerprint density at radius 3 is 2.39 bits per heavy atom. The number of nitrogens with one attached hydrogen (secondary N) is 2. The van der Waals surface area contributed by atoms with Crippen molar-refractivity contribution in [2.24, 2.45) is 16.2 Å². The molecule has 2 saturated carbocycles. The normalized spacial score (nSPS) is 24.8. The standard InChI is InChI=1S/C31H41F2N9O3S/c1-40-13-15-41(16-14-40)29(43)21-5-10-24(11-6-21)42-28-27(38-31(42)37-26-12-7-22(32)17-25(26)33)19-34-30(39-28)36-23-8-3-20(4-9-23)18-35-46(2,44)45/h7,12,17-21,23-24H,3-6,8-11,13-16H2,1-2H3,(H,37,38)(H,34,36,39)/b35-18+. The van der Waals surface area contributed by atoms with Crippen molar-refractivity contribution in [2.45, 2.75) is 63.5 Å². The number of benzene rings is 1. The van der Waals surface area contributed by atoms with Gasteiger partial charge in [0.2, 0.25) is 27.8 Å². The van der Waals surface area contributed by atoms with Gasteiger partial charge in [-0.05, 0) is 76.5 Å². The quantitative estimate of drug-likeness (QED) is 0.339. The zero-order valence-electron chi connectivity index (χ0n) is 26.2. The fourth-order valence-electron chi connectivity index (χ4n) is 6.76. The van der Waals surface area contributed by atoms with Gasteiger partial charge in [0, 0.05) is 56.5 Å². The minimum Gasteiger partial charge on any atom is -0.351 e. The molecule has 3 fully saturated rings. The molecule has 1 amide bonds. The summed E-state index contributed by atoms with van der Waals surface area (Å²) in [4.78, 5) is 31.6. The van der Waals surface area contributed by atoms with Crippen LogP contribution in [0.15, 0.2) is 28.8 Å². The first-order valence-electron chi connectivity index (χ1n) is 16.0. The van der Waals surface area contributed by atoms with Crippen molar-refractivity contribution in [1.29, 1.82) is 0 Å². The molecule has 46 heavy (non-hydrogen) atoms. The number of hydrogen-bond donors (Lipinski definition) is 2. The number of amides is 1. The van der Waals surface area contributed by atoms with E-state index >= 15 is 0 Å². The molecule has 6 rings (SSSR count). The Morgan fingerprint density at radius 2 is 1.72 bits per heavy atom. The van der Waals surface area contributed by atoms with Gasteiger partial charge in [0.15, 0.2) is 5.65 Å². The number of fused-ring (bicyclic) bond motifs is 1. The highest BCUT2D eigenvalue weighted by Gasteiger charge is 2.33. The number of halogens is 2. The molecular formula is C31H41F2N9O3S. The first-order valence-corrected chi connectivity index (χ1v) is 17.8. The number of rotatable bonds is 8. The van der Waals surface area contributed by atoms with E-state index in [0.29, 0.717) is 23.1 Å². The molecule has 3 aromatic rings. The van der Waals surface area contributed by atoms with Crippen LogP contribution in [0.4, 0.5) is 26.4 Å². The molecule has 3 heterocycles. The molecule has 3 aliphatic rings. The van der Waals surface area contributed by atoms with Gasteiger partial charge in [-0.3, -0.25) is 9.36 Å². The van der Waals surface area contributed by atoms with Crippen molar-refractivity contribution in [3.8, 4) is 0 Å². The van der Waals surface area contributed by atoms with Crippen LogP contribution in [0.1, 0.15) is 57.4 Å². The number of carbonyl (C=O) groups excluding carboxylic acids is 1.